The molecular formula is C21H24ClN4O2+. The van der Waals surface area contributed by atoms with E-state index in [9.17, 15) is 4.79 Å². The zero-order valence-corrected chi connectivity index (χ0v) is 16.8. The number of nitrogens with zero attached hydrogens (tertiary/aromatic N) is 2. The van der Waals surface area contributed by atoms with E-state index in [1.165, 1.54) is 4.90 Å². The number of hydrogen-bond acceptors (Lipinski definition) is 4. The van der Waals surface area contributed by atoms with E-state index in [0.29, 0.717) is 16.3 Å². The average Bonchev–Trinajstić information content (AvgIpc) is 2.73. The molecule has 0 unspecified atom stereocenters. The van der Waals surface area contributed by atoms with E-state index >= 15 is 0 Å². The van der Waals surface area contributed by atoms with Gasteiger partial charge in [0.15, 0.2) is 6.04 Å². The summed E-state index contributed by atoms with van der Waals surface area (Å²) in [5.41, 5.74) is 2.09. The summed E-state index contributed by atoms with van der Waals surface area (Å²) in [5.74, 6) is 0.816. The summed E-state index contributed by atoms with van der Waals surface area (Å²) in [4.78, 5) is 16.2. The van der Waals surface area contributed by atoms with Gasteiger partial charge >= 0.3 is 0 Å². The zero-order chi connectivity index (χ0) is 20.1. The molecular weight excluding hydrogens is 376 g/mol. The van der Waals surface area contributed by atoms with Crippen LogP contribution in [0.15, 0.2) is 42.5 Å². The second-order valence-electron chi connectivity index (χ2n) is 6.83. The molecule has 0 spiro atoms. The van der Waals surface area contributed by atoms with Crippen LogP contribution in [-0.2, 0) is 4.79 Å². The number of para-hydroxylation sites is 2. The van der Waals surface area contributed by atoms with Gasteiger partial charge in [0.05, 0.1) is 49.6 Å². The number of methoxy groups -OCH3 is 1. The first-order valence-electron chi connectivity index (χ1n) is 9.26. The highest BCUT2D eigenvalue weighted by Gasteiger charge is 2.30. The Balaban J connectivity index is 1.59. The maximum Gasteiger partial charge on any atom is 0.282 e. The molecule has 1 fully saturated rings. The van der Waals surface area contributed by atoms with Crippen LogP contribution in [0.5, 0.6) is 5.75 Å². The Kier molecular flexibility index (Phi) is 6.40. The van der Waals surface area contributed by atoms with Crippen molar-refractivity contribution in [2.75, 3.05) is 43.5 Å². The minimum atomic E-state index is -0.186. The minimum absolute atomic E-state index is 0.0542. The first kappa shape index (κ1) is 20.0. The van der Waals surface area contributed by atoms with Crippen molar-refractivity contribution in [2.24, 2.45) is 0 Å². The number of hydrogen-bond donors (Lipinski definition) is 2. The molecule has 1 saturated heterocycles. The molecule has 1 amide bonds. The normalized spacial score (nSPS) is 15.6. The summed E-state index contributed by atoms with van der Waals surface area (Å²) >= 11 is 6.05. The van der Waals surface area contributed by atoms with Gasteiger partial charge in [0.1, 0.15) is 11.8 Å². The Morgan fingerprint density at radius 3 is 2.64 bits per heavy atom. The lowest BCUT2D eigenvalue weighted by Crippen LogP contribution is -3.19. The third-order valence-corrected chi connectivity index (χ3v) is 5.51. The molecule has 1 aliphatic heterocycles. The lowest BCUT2D eigenvalue weighted by atomic mass is 10.1. The number of carbonyl (C=O) groups is 1. The monoisotopic (exact) mass is 399 g/mol. The van der Waals surface area contributed by atoms with Gasteiger partial charge in [-0.05, 0) is 37.3 Å². The van der Waals surface area contributed by atoms with E-state index in [2.05, 4.69) is 16.3 Å². The molecule has 2 aromatic rings. The van der Waals surface area contributed by atoms with Gasteiger partial charge in [-0.3, -0.25) is 4.79 Å². The van der Waals surface area contributed by atoms with Crippen LogP contribution in [0.4, 0.5) is 11.4 Å². The Bertz CT molecular complexity index is 888. The van der Waals surface area contributed by atoms with Gasteiger partial charge in [0.2, 0.25) is 0 Å². The summed E-state index contributed by atoms with van der Waals surface area (Å²) in [6.45, 7) is 5.38. The molecule has 3 rings (SSSR count). The van der Waals surface area contributed by atoms with Crippen molar-refractivity contribution in [1.82, 2.24) is 0 Å². The van der Waals surface area contributed by atoms with Crippen molar-refractivity contribution in [2.45, 2.75) is 13.0 Å². The first-order chi connectivity index (χ1) is 13.5. The molecule has 2 aromatic carbocycles. The molecule has 7 heteroatoms. The van der Waals surface area contributed by atoms with Gasteiger partial charge in [-0.15, -0.1) is 0 Å². The number of rotatable bonds is 5. The number of halogens is 1. The summed E-state index contributed by atoms with van der Waals surface area (Å²) in [5, 5.41) is 12.2. The van der Waals surface area contributed by atoms with Crippen molar-refractivity contribution in [3.8, 4) is 11.8 Å². The number of ether oxygens (including phenoxy) is 1. The second-order valence-corrected chi connectivity index (χ2v) is 7.24. The number of amides is 1. The predicted molar refractivity (Wildman–Crippen MR) is 110 cm³/mol. The fourth-order valence-corrected chi connectivity index (χ4v) is 3.70. The van der Waals surface area contributed by atoms with E-state index in [4.69, 9.17) is 21.6 Å². The Labute approximate surface area is 170 Å². The lowest BCUT2D eigenvalue weighted by molar-refractivity contribution is -0.914. The molecule has 0 bridgehead atoms. The summed E-state index contributed by atoms with van der Waals surface area (Å²) in [7, 11) is 1.68. The number of carbonyl (C=O) groups excluding carboxylic acids is 1. The van der Waals surface area contributed by atoms with Crippen molar-refractivity contribution < 1.29 is 14.4 Å². The molecule has 0 aliphatic carbocycles. The minimum Gasteiger partial charge on any atom is -0.495 e. The van der Waals surface area contributed by atoms with Crippen molar-refractivity contribution in [3.05, 3.63) is 53.1 Å². The zero-order valence-electron chi connectivity index (χ0n) is 16.0. The van der Waals surface area contributed by atoms with Gasteiger partial charge in [-0.25, -0.2) is 0 Å². The van der Waals surface area contributed by atoms with Crippen LogP contribution in [0.2, 0.25) is 5.02 Å². The maximum absolute atomic E-state index is 12.7. The van der Waals surface area contributed by atoms with Gasteiger partial charge in [-0.1, -0.05) is 23.7 Å². The highest BCUT2D eigenvalue weighted by Crippen LogP contribution is 2.27. The summed E-state index contributed by atoms with van der Waals surface area (Å²) < 4.78 is 5.46. The van der Waals surface area contributed by atoms with E-state index in [1.807, 2.05) is 31.2 Å². The number of nitrogens with one attached hydrogen (secondary N) is 2. The standard InChI is InChI=1S/C21H23ClN4O2/c1-15(21(27)24-17-8-7-16(14-23)18(22)13-17)25-9-11-26(12-10-25)19-5-3-4-6-20(19)28-2/h3-8,13,15H,9-12H2,1-2H3,(H,24,27)/p+1/t15-/m0/s1. The summed E-state index contributed by atoms with van der Waals surface area (Å²) in [6.07, 6.45) is 0. The fraction of sp³-hybridized carbons (Fsp3) is 0.333. The highest BCUT2D eigenvalue weighted by molar-refractivity contribution is 6.32. The highest BCUT2D eigenvalue weighted by atomic mass is 35.5. The van der Waals surface area contributed by atoms with Crippen LogP contribution in [0.1, 0.15) is 12.5 Å². The molecule has 2 N–H and O–H groups in total. The number of benzene rings is 2. The Hall–Kier alpha value is -2.75. The van der Waals surface area contributed by atoms with Crippen molar-refractivity contribution in [1.29, 1.82) is 5.26 Å². The maximum atomic E-state index is 12.7. The van der Waals surface area contributed by atoms with E-state index in [1.54, 1.807) is 25.3 Å². The van der Waals surface area contributed by atoms with Gasteiger partial charge in [-0.2, -0.15) is 5.26 Å². The van der Waals surface area contributed by atoms with E-state index in [0.717, 1.165) is 37.6 Å². The van der Waals surface area contributed by atoms with Crippen LogP contribution in [0.25, 0.3) is 0 Å². The Morgan fingerprint density at radius 1 is 1.29 bits per heavy atom. The fourth-order valence-electron chi connectivity index (χ4n) is 3.48. The third kappa shape index (κ3) is 4.38. The van der Waals surface area contributed by atoms with Crippen LogP contribution >= 0.6 is 11.6 Å². The molecule has 0 saturated carbocycles. The molecule has 0 radical (unpaired) electrons. The van der Waals surface area contributed by atoms with E-state index < -0.39 is 0 Å². The van der Waals surface area contributed by atoms with Gasteiger partial charge < -0.3 is 19.9 Å². The molecule has 1 aliphatic rings. The topological polar surface area (TPSA) is 69.8 Å². The van der Waals surface area contributed by atoms with Gasteiger partial charge in [0, 0.05) is 5.69 Å². The SMILES string of the molecule is COc1ccccc1N1CC[NH+]([C@@H](C)C(=O)Nc2ccc(C#N)c(Cl)c2)CC1. The number of nitriles is 1. The van der Waals surface area contributed by atoms with Crippen molar-refractivity contribution in [3.63, 3.8) is 0 Å². The Morgan fingerprint density at radius 2 is 2.00 bits per heavy atom. The number of piperazine rings is 1. The predicted octanol–water partition coefficient (Wildman–Crippen LogP) is 1.95. The molecule has 0 aromatic heterocycles. The largest absolute Gasteiger partial charge is 0.495 e. The number of anilines is 2. The van der Waals surface area contributed by atoms with Gasteiger partial charge in [0.25, 0.3) is 5.91 Å². The lowest BCUT2D eigenvalue weighted by Gasteiger charge is -2.36. The molecule has 6 nitrogen and oxygen atoms in total. The van der Waals surface area contributed by atoms with Crippen LogP contribution in [-0.4, -0.2) is 45.2 Å². The second kappa shape index (κ2) is 8.96. The molecule has 1 atom stereocenters. The van der Waals surface area contributed by atoms with Crippen molar-refractivity contribution >= 4 is 28.9 Å². The molecule has 28 heavy (non-hydrogen) atoms. The van der Waals surface area contributed by atoms with Crippen LogP contribution in [0, 0.1) is 11.3 Å². The quantitative estimate of drug-likeness (QED) is 0.806. The van der Waals surface area contributed by atoms with Crippen LogP contribution in [0.3, 0.4) is 0 Å². The van der Waals surface area contributed by atoms with Crippen LogP contribution < -0.4 is 19.9 Å². The first-order valence-corrected chi connectivity index (χ1v) is 9.64. The summed E-state index contributed by atoms with van der Waals surface area (Å²) in [6, 6.07) is 14.8. The third-order valence-electron chi connectivity index (χ3n) is 5.19. The van der Waals surface area contributed by atoms with E-state index in [-0.39, 0.29) is 11.9 Å². The molecule has 146 valence electrons. The average molecular weight is 400 g/mol. The molecule has 1 heterocycles. The number of quaternary nitrogens is 1. The smallest absolute Gasteiger partial charge is 0.282 e.